The first kappa shape index (κ1) is 11.9. The third kappa shape index (κ3) is 2.96. The lowest BCUT2D eigenvalue weighted by Gasteiger charge is -2.13. The number of halogens is 1. The minimum atomic E-state index is -0.0222. The molecule has 88 valence electrons. The number of benzene rings is 1. The monoisotopic (exact) mass is 247 g/mol. The molecule has 4 heteroatoms. The number of para-hydroxylation sites is 1. The Morgan fingerprint density at radius 3 is 2.65 bits per heavy atom. The van der Waals surface area contributed by atoms with Crippen molar-refractivity contribution in [3.63, 3.8) is 0 Å². The van der Waals surface area contributed by atoms with Gasteiger partial charge in [0.1, 0.15) is 5.82 Å². The van der Waals surface area contributed by atoms with Gasteiger partial charge in [-0.25, -0.2) is 4.98 Å². The number of nitrogens with two attached hydrogens (primary N) is 1. The molecule has 1 aromatic carbocycles. The molecule has 0 bridgehead atoms. The van der Waals surface area contributed by atoms with Gasteiger partial charge in [0.2, 0.25) is 0 Å². The van der Waals surface area contributed by atoms with E-state index in [2.05, 4.69) is 10.3 Å². The summed E-state index contributed by atoms with van der Waals surface area (Å²) in [7, 11) is 0. The fourth-order valence-electron chi connectivity index (χ4n) is 1.60. The van der Waals surface area contributed by atoms with Gasteiger partial charge in [-0.15, -0.1) is 0 Å². The van der Waals surface area contributed by atoms with Crippen molar-refractivity contribution in [2.75, 3.05) is 5.32 Å². The van der Waals surface area contributed by atoms with Crippen LogP contribution in [0.2, 0.25) is 5.02 Å². The molecular formula is C13H14ClN3. The van der Waals surface area contributed by atoms with Crippen LogP contribution < -0.4 is 11.1 Å². The van der Waals surface area contributed by atoms with Crippen molar-refractivity contribution in [2.45, 2.75) is 13.0 Å². The first-order chi connectivity index (χ1) is 8.16. The van der Waals surface area contributed by atoms with Crippen LogP contribution in [-0.4, -0.2) is 4.98 Å². The fraction of sp³-hybridized carbons (Fsp3) is 0.154. The summed E-state index contributed by atoms with van der Waals surface area (Å²) in [4.78, 5) is 4.19. The topological polar surface area (TPSA) is 50.9 Å². The largest absolute Gasteiger partial charge is 0.340 e. The van der Waals surface area contributed by atoms with Gasteiger partial charge in [0.25, 0.3) is 0 Å². The van der Waals surface area contributed by atoms with Crippen molar-refractivity contribution in [3.8, 4) is 0 Å². The summed E-state index contributed by atoms with van der Waals surface area (Å²) in [6.07, 6.45) is 1.61. The van der Waals surface area contributed by atoms with Gasteiger partial charge in [-0.1, -0.05) is 29.8 Å². The van der Waals surface area contributed by atoms with Gasteiger partial charge in [-0.3, -0.25) is 0 Å². The number of nitrogens with one attached hydrogen (secondary N) is 1. The predicted molar refractivity (Wildman–Crippen MR) is 71.6 cm³/mol. The summed E-state index contributed by atoms with van der Waals surface area (Å²) in [5.74, 6) is 0.752. The maximum absolute atomic E-state index is 5.91. The van der Waals surface area contributed by atoms with Gasteiger partial charge in [0.15, 0.2) is 0 Å². The van der Waals surface area contributed by atoms with Crippen molar-refractivity contribution in [1.82, 2.24) is 4.98 Å². The number of aromatic nitrogens is 1. The Hall–Kier alpha value is -1.58. The summed E-state index contributed by atoms with van der Waals surface area (Å²) in [5.41, 5.74) is 7.94. The molecule has 0 saturated heterocycles. The minimum absolute atomic E-state index is 0.0222. The van der Waals surface area contributed by atoms with Crippen LogP contribution >= 0.6 is 11.6 Å². The van der Waals surface area contributed by atoms with E-state index < -0.39 is 0 Å². The molecular weight excluding hydrogens is 234 g/mol. The zero-order valence-electron chi connectivity index (χ0n) is 9.52. The number of hydrogen-bond donors (Lipinski definition) is 2. The van der Waals surface area contributed by atoms with Gasteiger partial charge < -0.3 is 11.1 Å². The van der Waals surface area contributed by atoms with Crippen LogP contribution in [0.4, 0.5) is 11.5 Å². The highest BCUT2D eigenvalue weighted by Crippen LogP contribution is 2.24. The molecule has 0 saturated carbocycles. The van der Waals surface area contributed by atoms with E-state index >= 15 is 0 Å². The van der Waals surface area contributed by atoms with Crippen LogP contribution in [-0.2, 0) is 0 Å². The molecule has 1 aromatic heterocycles. The molecule has 1 heterocycles. The minimum Gasteiger partial charge on any atom is -0.340 e. The molecule has 1 atom stereocenters. The summed E-state index contributed by atoms with van der Waals surface area (Å²) < 4.78 is 0. The number of pyridine rings is 1. The number of nitrogens with zero attached hydrogens (tertiary/aromatic N) is 1. The number of hydrogen-bond acceptors (Lipinski definition) is 3. The highest BCUT2D eigenvalue weighted by atomic mass is 35.5. The zero-order chi connectivity index (χ0) is 12.3. The molecule has 0 spiro atoms. The summed E-state index contributed by atoms with van der Waals surface area (Å²) >= 11 is 5.79. The Morgan fingerprint density at radius 1 is 1.24 bits per heavy atom. The zero-order valence-corrected chi connectivity index (χ0v) is 10.3. The molecule has 2 rings (SSSR count). The molecule has 0 amide bonds. The first-order valence-electron chi connectivity index (χ1n) is 5.40. The molecule has 17 heavy (non-hydrogen) atoms. The molecule has 3 nitrogen and oxygen atoms in total. The Morgan fingerprint density at radius 2 is 2.00 bits per heavy atom. The Bertz CT molecular complexity index is 494. The quantitative estimate of drug-likeness (QED) is 0.873. The number of rotatable bonds is 3. The highest BCUT2D eigenvalue weighted by Gasteiger charge is 2.06. The lowest BCUT2D eigenvalue weighted by molar-refractivity contribution is 0.820. The van der Waals surface area contributed by atoms with Crippen molar-refractivity contribution in [2.24, 2.45) is 5.73 Å². The summed E-state index contributed by atoms with van der Waals surface area (Å²) in [5, 5.41) is 3.85. The third-order valence-electron chi connectivity index (χ3n) is 2.44. The summed E-state index contributed by atoms with van der Waals surface area (Å²) in [6, 6.07) is 11.5. The van der Waals surface area contributed by atoms with Crippen LogP contribution in [0.25, 0.3) is 0 Å². The maximum Gasteiger partial charge on any atom is 0.130 e. The van der Waals surface area contributed by atoms with Crippen LogP contribution in [0.15, 0.2) is 42.6 Å². The molecule has 3 N–H and O–H groups in total. The Kier molecular flexibility index (Phi) is 3.61. The van der Waals surface area contributed by atoms with E-state index in [0.717, 1.165) is 17.1 Å². The second kappa shape index (κ2) is 5.17. The van der Waals surface area contributed by atoms with E-state index in [9.17, 15) is 0 Å². The van der Waals surface area contributed by atoms with E-state index in [1.807, 2.05) is 37.3 Å². The average molecular weight is 248 g/mol. The predicted octanol–water partition coefficient (Wildman–Crippen LogP) is 3.50. The molecule has 0 aliphatic carbocycles. The SMILES string of the molecule is CC(N)c1ccccc1Nc1ccc(Cl)cn1. The van der Waals surface area contributed by atoms with Crippen LogP contribution in [0.5, 0.6) is 0 Å². The smallest absolute Gasteiger partial charge is 0.130 e. The van der Waals surface area contributed by atoms with Crippen LogP contribution in [0, 0.1) is 0 Å². The molecule has 2 aromatic rings. The summed E-state index contributed by atoms with van der Waals surface area (Å²) in [6.45, 7) is 1.95. The van der Waals surface area contributed by atoms with E-state index in [1.54, 1.807) is 12.3 Å². The van der Waals surface area contributed by atoms with Crippen LogP contribution in [0.3, 0.4) is 0 Å². The van der Waals surface area contributed by atoms with Gasteiger partial charge >= 0.3 is 0 Å². The van der Waals surface area contributed by atoms with E-state index in [-0.39, 0.29) is 6.04 Å². The molecule has 0 radical (unpaired) electrons. The van der Waals surface area contributed by atoms with Gasteiger partial charge in [0.05, 0.1) is 5.02 Å². The van der Waals surface area contributed by atoms with Crippen molar-refractivity contribution < 1.29 is 0 Å². The lowest BCUT2D eigenvalue weighted by atomic mass is 10.1. The van der Waals surface area contributed by atoms with Crippen molar-refractivity contribution in [3.05, 3.63) is 53.2 Å². The molecule has 0 aliphatic heterocycles. The Labute approximate surface area is 106 Å². The van der Waals surface area contributed by atoms with E-state index in [4.69, 9.17) is 17.3 Å². The molecule has 0 aliphatic rings. The standard InChI is InChI=1S/C13H14ClN3/c1-9(15)11-4-2-3-5-12(11)17-13-7-6-10(14)8-16-13/h2-9H,15H2,1H3,(H,16,17). The Balaban J connectivity index is 2.26. The second-order valence-corrected chi connectivity index (χ2v) is 4.30. The highest BCUT2D eigenvalue weighted by molar-refractivity contribution is 6.30. The van der Waals surface area contributed by atoms with E-state index in [0.29, 0.717) is 5.02 Å². The van der Waals surface area contributed by atoms with Crippen LogP contribution in [0.1, 0.15) is 18.5 Å². The van der Waals surface area contributed by atoms with Crippen molar-refractivity contribution >= 4 is 23.1 Å². The normalized spacial score (nSPS) is 12.2. The first-order valence-corrected chi connectivity index (χ1v) is 5.77. The maximum atomic E-state index is 5.91. The third-order valence-corrected chi connectivity index (χ3v) is 2.67. The fourth-order valence-corrected chi connectivity index (χ4v) is 1.71. The lowest BCUT2D eigenvalue weighted by Crippen LogP contribution is -2.08. The average Bonchev–Trinajstić information content (AvgIpc) is 2.32. The van der Waals surface area contributed by atoms with E-state index in [1.165, 1.54) is 0 Å². The second-order valence-electron chi connectivity index (χ2n) is 3.86. The van der Waals surface area contributed by atoms with Gasteiger partial charge in [-0.05, 0) is 30.7 Å². The van der Waals surface area contributed by atoms with Gasteiger partial charge in [0, 0.05) is 17.9 Å². The molecule has 1 unspecified atom stereocenters. The van der Waals surface area contributed by atoms with Crippen molar-refractivity contribution in [1.29, 1.82) is 0 Å². The molecule has 0 fully saturated rings. The van der Waals surface area contributed by atoms with Gasteiger partial charge in [-0.2, -0.15) is 0 Å². The number of anilines is 2.